The van der Waals surface area contributed by atoms with Gasteiger partial charge in [0.25, 0.3) is 0 Å². The fraction of sp³-hybridized carbons (Fsp3) is 0.316. The van der Waals surface area contributed by atoms with Gasteiger partial charge in [-0.15, -0.1) is 0 Å². The average molecular weight is 429 g/mol. The van der Waals surface area contributed by atoms with Crippen molar-refractivity contribution in [2.75, 3.05) is 15.9 Å². The second-order valence-corrected chi connectivity index (χ2v) is 9.04. The van der Waals surface area contributed by atoms with Crippen LogP contribution in [0.5, 0.6) is 0 Å². The van der Waals surface area contributed by atoms with E-state index in [1.54, 1.807) is 13.0 Å². The van der Waals surface area contributed by atoms with Crippen LogP contribution >= 0.6 is 23.2 Å². The van der Waals surface area contributed by atoms with Gasteiger partial charge in [-0.05, 0) is 49.6 Å². The van der Waals surface area contributed by atoms with E-state index in [2.05, 4.69) is 5.32 Å². The van der Waals surface area contributed by atoms with Crippen molar-refractivity contribution < 1.29 is 13.2 Å². The van der Waals surface area contributed by atoms with Crippen molar-refractivity contribution in [3.63, 3.8) is 0 Å². The van der Waals surface area contributed by atoms with Crippen molar-refractivity contribution in [1.82, 2.24) is 0 Å². The zero-order valence-electron chi connectivity index (χ0n) is 15.6. The van der Waals surface area contributed by atoms with Gasteiger partial charge < -0.3 is 5.32 Å². The number of amides is 1. The second-order valence-electron chi connectivity index (χ2n) is 6.33. The van der Waals surface area contributed by atoms with Crippen LogP contribution in [0.25, 0.3) is 0 Å². The molecule has 2 rings (SSSR count). The molecule has 0 saturated heterocycles. The van der Waals surface area contributed by atoms with Crippen LogP contribution < -0.4 is 9.62 Å². The van der Waals surface area contributed by atoms with E-state index in [0.29, 0.717) is 10.7 Å². The summed E-state index contributed by atoms with van der Waals surface area (Å²) < 4.78 is 26.1. The summed E-state index contributed by atoms with van der Waals surface area (Å²) in [7, 11) is -3.80. The summed E-state index contributed by atoms with van der Waals surface area (Å²) in [6.45, 7) is 5.50. The Kier molecular flexibility index (Phi) is 6.78. The topological polar surface area (TPSA) is 66.5 Å². The number of benzene rings is 2. The van der Waals surface area contributed by atoms with Crippen molar-refractivity contribution in [1.29, 1.82) is 0 Å². The Labute approximate surface area is 170 Å². The molecule has 5 nitrogen and oxygen atoms in total. The minimum atomic E-state index is -3.80. The molecule has 0 aliphatic carbocycles. The fourth-order valence-corrected chi connectivity index (χ4v) is 4.55. The molecule has 1 amide bonds. The summed E-state index contributed by atoms with van der Waals surface area (Å²) in [5.41, 5.74) is 2.64. The molecule has 0 spiro atoms. The number of anilines is 2. The molecule has 0 bridgehead atoms. The largest absolute Gasteiger partial charge is 0.324 e. The van der Waals surface area contributed by atoms with E-state index >= 15 is 0 Å². The maximum atomic E-state index is 13.0. The van der Waals surface area contributed by atoms with Crippen LogP contribution in [0.2, 0.25) is 10.0 Å². The molecule has 0 saturated carbocycles. The number of nitrogens with one attached hydrogen (secondary N) is 1. The van der Waals surface area contributed by atoms with E-state index in [-0.39, 0.29) is 17.1 Å². The Morgan fingerprint density at radius 3 is 2.26 bits per heavy atom. The van der Waals surface area contributed by atoms with Crippen LogP contribution in [-0.2, 0) is 14.8 Å². The van der Waals surface area contributed by atoms with Gasteiger partial charge in [-0.3, -0.25) is 9.10 Å². The van der Waals surface area contributed by atoms with Crippen LogP contribution in [0.4, 0.5) is 11.4 Å². The standard InChI is InChI=1S/C19H22Cl2N2O3S/c1-5-16(19(24)22-18-12(2)7-6-8-13(18)3)23(27(4,25)26)17-11-14(20)9-10-15(17)21/h6-11,16H,5H2,1-4H3,(H,22,24)/t16-/m0/s1. The van der Waals surface area contributed by atoms with Gasteiger partial charge in [0.2, 0.25) is 15.9 Å². The average Bonchev–Trinajstić information content (AvgIpc) is 2.57. The van der Waals surface area contributed by atoms with Crippen LogP contribution in [0.15, 0.2) is 36.4 Å². The minimum Gasteiger partial charge on any atom is -0.324 e. The number of sulfonamides is 1. The molecule has 1 atom stereocenters. The van der Waals surface area contributed by atoms with Gasteiger partial charge >= 0.3 is 0 Å². The monoisotopic (exact) mass is 428 g/mol. The lowest BCUT2D eigenvalue weighted by Gasteiger charge is -2.31. The molecule has 0 aromatic heterocycles. The number of rotatable bonds is 6. The number of carbonyl (C=O) groups is 1. The van der Waals surface area contributed by atoms with Crippen molar-refractivity contribution >= 4 is 50.5 Å². The zero-order valence-corrected chi connectivity index (χ0v) is 17.9. The molecule has 0 unspecified atom stereocenters. The molecule has 27 heavy (non-hydrogen) atoms. The van der Waals surface area contributed by atoms with Crippen molar-refractivity contribution in [3.05, 3.63) is 57.6 Å². The first kappa shape index (κ1) is 21.5. The molecule has 0 aliphatic rings. The van der Waals surface area contributed by atoms with E-state index in [9.17, 15) is 13.2 Å². The van der Waals surface area contributed by atoms with Gasteiger partial charge in [-0.25, -0.2) is 8.42 Å². The Bertz CT molecular complexity index is 941. The summed E-state index contributed by atoms with van der Waals surface area (Å²) in [6, 6.07) is 9.19. The Morgan fingerprint density at radius 2 is 1.74 bits per heavy atom. The Hall–Kier alpha value is -1.76. The highest BCUT2D eigenvalue weighted by atomic mass is 35.5. The maximum absolute atomic E-state index is 13.0. The molecule has 0 aliphatic heterocycles. The second kappa shape index (κ2) is 8.50. The Morgan fingerprint density at radius 1 is 1.15 bits per heavy atom. The number of para-hydroxylation sites is 1. The third kappa shape index (κ3) is 4.94. The maximum Gasteiger partial charge on any atom is 0.248 e. The van der Waals surface area contributed by atoms with Gasteiger partial charge in [0.05, 0.1) is 17.0 Å². The number of hydrogen-bond acceptors (Lipinski definition) is 3. The molecule has 1 N–H and O–H groups in total. The molecule has 146 valence electrons. The molecule has 2 aromatic rings. The lowest BCUT2D eigenvalue weighted by molar-refractivity contribution is -0.117. The van der Waals surface area contributed by atoms with Crippen molar-refractivity contribution in [3.8, 4) is 0 Å². The van der Waals surface area contributed by atoms with Crippen molar-refractivity contribution in [2.45, 2.75) is 33.2 Å². The molecule has 0 heterocycles. The van der Waals surface area contributed by atoms with Gasteiger partial charge in [0, 0.05) is 10.7 Å². The summed E-state index contributed by atoms with van der Waals surface area (Å²) in [5.74, 6) is -0.434. The van der Waals surface area contributed by atoms with Crippen LogP contribution in [0.3, 0.4) is 0 Å². The molecular formula is C19H22Cl2N2O3S. The molecule has 0 radical (unpaired) electrons. The third-order valence-electron chi connectivity index (χ3n) is 4.20. The number of hydrogen-bond donors (Lipinski definition) is 1. The summed E-state index contributed by atoms with van der Waals surface area (Å²) in [6.07, 6.45) is 1.30. The number of nitrogens with zero attached hydrogens (tertiary/aromatic N) is 1. The van der Waals surface area contributed by atoms with Crippen LogP contribution in [0, 0.1) is 13.8 Å². The first-order valence-corrected chi connectivity index (χ1v) is 11.0. The third-order valence-corrected chi connectivity index (χ3v) is 5.93. The van der Waals surface area contributed by atoms with E-state index in [1.165, 1.54) is 12.1 Å². The SMILES string of the molecule is CC[C@@H](C(=O)Nc1c(C)cccc1C)N(c1cc(Cl)ccc1Cl)S(C)(=O)=O. The minimum absolute atomic E-state index is 0.176. The highest BCUT2D eigenvalue weighted by Gasteiger charge is 2.33. The zero-order chi connectivity index (χ0) is 20.4. The highest BCUT2D eigenvalue weighted by Crippen LogP contribution is 2.33. The quantitative estimate of drug-likeness (QED) is 0.718. The molecule has 8 heteroatoms. The van der Waals surface area contributed by atoms with E-state index in [1.807, 2.05) is 32.0 Å². The number of carbonyl (C=O) groups excluding carboxylic acids is 1. The van der Waals surface area contributed by atoms with Gasteiger partial charge in [0.1, 0.15) is 6.04 Å². The van der Waals surface area contributed by atoms with Gasteiger partial charge in [-0.1, -0.05) is 48.3 Å². The summed E-state index contributed by atoms with van der Waals surface area (Å²) in [5, 5.41) is 3.39. The highest BCUT2D eigenvalue weighted by molar-refractivity contribution is 7.92. The van der Waals surface area contributed by atoms with Gasteiger partial charge in [-0.2, -0.15) is 0 Å². The predicted octanol–water partition coefficient (Wildman–Crippen LogP) is 4.79. The molecule has 0 fully saturated rings. The van der Waals surface area contributed by atoms with E-state index in [4.69, 9.17) is 23.2 Å². The smallest absolute Gasteiger partial charge is 0.248 e. The lowest BCUT2D eigenvalue weighted by atomic mass is 10.1. The predicted molar refractivity (Wildman–Crippen MR) is 112 cm³/mol. The van der Waals surface area contributed by atoms with Gasteiger partial charge in [0.15, 0.2) is 0 Å². The molecule has 2 aromatic carbocycles. The number of halogens is 2. The summed E-state index contributed by atoms with van der Waals surface area (Å²) >= 11 is 12.2. The first-order valence-electron chi connectivity index (χ1n) is 8.37. The van der Waals surface area contributed by atoms with Crippen molar-refractivity contribution in [2.24, 2.45) is 0 Å². The normalized spacial score (nSPS) is 12.5. The van der Waals surface area contributed by atoms with E-state index in [0.717, 1.165) is 21.7 Å². The fourth-order valence-electron chi connectivity index (χ4n) is 2.91. The number of aryl methyl sites for hydroxylation is 2. The Balaban J connectivity index is 2.50. The first-order chi connectivity index (χ1) is 12.6. The lowest BCUT2D eigenvalue weighted by Crippen LogP contribution is -2.47. The summed E-state index contributed by atoms with van der Waals surface area (Å²) in [4.78, 5) is 13.0. The van der Waals surface area contributed by atoms with Crippen LogP contribution in [0.1, 0.15) is 24.5 Å². The molecular weight excluding hydrogens is 407 g/mol. The van der Waals surface area contributed by atoms with E-state index < -0.39 is 22.0 Å². The van der Waals surface area contributed by atoms with Crippen LogP contribution in [-0.4, -0.2) is 26.6 Å².